The van der Waals surface area contributed by atoms with Crippen LogP contribution in [-0.2, 0) is 9.59 Å². The molecule has 1 atom stereocenters. The van der Waals surface area contributed by atoms with E-state index in [2.05, 4.69) is 36.5 Å². The maximum atomic E-state index is 12.4. The summed E-state index contributed by atoms with van der Waals surface area (Å²) in [6.45, 7) is 7.14. The third-order valence-corrected chi connectivity index (χ3v) is 4.95. The zero-order valence-corrected chi connectivity index (χ0v) is 17.1. The lowest BCUT2D eigenvalue weighted by molar-refractivity contribution is -0.126. The third-order valence-electron chi connectivity index (χ3n) is 4.95. The Balaban J connectivity index is 1.55. The molecular formula is C23H27N3O3. The molecule has 0 unspecified atom stereocenters. The van der Waals surface area contributed by atoms with Crippen LogP contribution in [0.1, 0.15) is 44.2 Å². The molecule has 2 aromatic carbocycles. The van der Waals surface area contributed by atoms with Gasteiger partial charge in [0.25, 0.3) is 0 Å². The van der Waals surface area contributed by atoms with E-state index in [0.29, 0.717) is 19.1 Å². The molecule has 1 heterocycles. The Morgan fingerprint density at radius 2 is 1.90 bits per heavy atom. The molecule has 152 valence electrons. The molecule has 3 rings (SSSR count). The number of rotatable bonds is 7. The van der Waals surface area contributed by atoms with Gasteiger partial charge in [0.15, 0.2) is 0 Å². The summed E-state index contributed by atoms with van der Waals surface area (Å²) in [5.41, 5.74) is 5.49. The molecule has 29 heavy (non-hydrogen) atoms. The first kappa shape index (κ1) is 20.6. The van der Waals surface area contributed by atoms with Crippen molar-refractivity contribution in [2.75, 3.05) is 18.1 Å². The Hall–Kier alpha value is -3.15. The average Bonchev–Trinajstić information content (AvgIpc) is 3.11. The second-order valence-electron chi connectivity index (χ2n) is 7.39. The number of nitrogens with zero attached hydrogens (tertiary/aromatic N) is 2. The molecule has 1 saturated heterocycles. The summed E-state index contributed by atoms with van der Waals surface area (Å²) in [4.78, 5) is 26.4. The summed E-state index contributed by atoms with van der Waals surface area (Å²) in [5.74, 6) is 0.491. The first-order valence-corrected chi connectivity index (χ1v) is 9.94. The SMILES string of the molecule is CCOc1ccc(N2C[C@@H](C(=O)N/N=C\c3ccc(C(C)C)cc3)CC2=O)cc1. The molecule has 1 fully saturated rings. The molecule has 2 amide bonds. The van der Waals surface area contributed by atoms with Gasteiger partial charge in [-0.25, -0.2) is 5.43 Å². The molecule has 0 aromatic heterocycles. The minimum atomic E-state index is -0.422. The van der Waals surface area contributed by atoms with E-state index < -0.39 is 5.92 Å². The van der Waals surface area contributed by atoms with Crippen molar-refractivity contribution >= 4 is 23.7 Å². The monoisotopic (exact) mass is 393 g/mol. The highest BCUT2D eigenvalue weighted by atomic mass is 16.5. The van der Waals surface area contributed by atoms with Crippen molar-refractivity contribution in [3.63, 3.8) is 0 Å². The van der Waals surface area contributed by atoms with Gasteiger partial charge in [-0.1, -0.05) is 38.1 Å². The van der Waals surface area contributed by atoms with Crippen molar-refractivity contribution < 1.29 is 14.3 Å². The van der Waals surface area contributed by atoms with Crippen LogP contribution < -0.4 is 15.1 Å². The van der Waals surface area contributed by atoms with Crippen LogP contribution in [0.3, 0.4) is 0 Å². The van der Waals surface area contributed by atoms with Crippen LogP contribution in [0.15, 0.2) is 53.6 Å². The smallest absolute Gasteiger partial charge is 0.245 e. The van der Waals surface area contributed by atoms with Crippen molar-refractivity contribution in [1.82, 2.24) is 5.43 Å². The third kappa shape index (κ3) is 5.22. The number of carbonyl (C=O) groups excluding carboxylic acids is 2. The fourth-order valence-electron chi connectivity index (χ4n) is 3.25. The van der Waals surface area contributed by atoms with Crippen LogP contribution >= 0.6 is 0 Å². The Labute approximate surface area is 171 Å². The number of hydrogen-bond donors (Lipinski definition) is 1. The van der Waals surface area contributed by atoms with Gasteiger partial charge in [0.2, 0.25) is 11.8 Å². The molecule has 0 spiro atoms. The molecule has 0 bridgehead atoms. The number of benzene rings is 2. The number of anilines is 1. The van der Waals surface area contributed by atoms with Crippen LogP contribution in [0, 0.1) is 5.92 Å². The molecule has 6 nitrogen and oxygen atoms in total. The second kappa shape index (κ2) is 9.37. The van der Waals surface area contributed by atoms with Crippen molar-refractivity contribution in [2.24, 2.45) is 11.0 Å². The molecule has 0 radical (unpaired) electrons. The molecule has 0 aliphatic carbocycles. The summed E-state index contributed by atoms with van der Waals surface area (Å²) < 4.78 is 5.43. The highest BCUT2D eigenvalue weighted by Crippen LogP contribution is 2.27. The molecule has 6 heteroatoms. The fourth-order valence-corrected chi connectivity index (χ4v) is 3.25. The minimum Gasteiger partial charge on any atom is -0.494 e. The molecule has 1 aliphatic heterocycles. The van der Waals surface area contributed by atoms with Gasteiger partial charge in [-0.3, -0.25) is 9.59 Å². The van der Waals surface area contributed by atoms with Crippen LogP contribution in [0.25, 0.3) is 0 Å². The summed E-state index contributed by atoms with van der Waals surface area (Å²) in [6.07, 6.45) is 1.79. The number of amides is 2. The lowest BCUT2D eigenvalue weighted by atomic mass is 10.0. The van der Waals surface area contributed by atoms with Crippen LogP contribution in [0.4, 0.5) is 5.69 Å². The predicted octanol–water partition coefficient (Wildman–Crippen LogP) is 3.71. The van der Waals surface area contributed by atoms with Gasteiger partial charge in [0.1, 0.15) is 5.75 Å². The number of nitrogens with one attached hydrogen (secondary N) is 1. The van der Waals surface area contributed by atoms with Gasteiger partial charge in [0, 0.05) is 18.7 Å². The van der Waals surface area contributed by atoms with E-state index in [4.69, 9.17) is 4.74 Å². The Morgan fingerprint density at radius 3 is 2.52 bits per heavy atom. The van der Waals surface area contributed by atoms with Gasteiger partial charge in [-0.15, -0.1) is 0 Å². The van der Waals surface area contributed by atoms with Gasteiger partial charge in [-0.05, 0) is 48.2 Å². The molecule has 2 aromatic rings. The lowest BCUT2D eigenvalue weighted by Gasteiger charge is -2.17. The number of hydrogen-bond acceptors (Lipinski definition) is 4. The van der Waals surface area contributed by atoms with E-state index in [-0.39, 0.29) is 18.2 Å². The van der Waals surface area contributed by atoms with Crippen molar-refractivity contribution in [3.05, 3.63) is 59.7 Å². The minimum absolute atomic E-state index is 0.0671. The zero-order chi connectivity index (χ0) is 20.8. The standard InChI is InChI=1S/C23H27N3O3/c1-4-29-21-11-9-20(10-12-21)26-15-19(13-22(26)27)23(28)25-24-14-17-5-7-18(8-6-17)16(2)3/h5-12,14,16,19H,4,13,15H2,1-3H3,(H,25,28)/b24-14-/t19-/m0/s1. The van der Waals surface area contributed by atoms with Crippen molar-refractivity contribution in [2.45, 2.75) is 33.1 Å². The van der Waals surface area contributed by atoms with E-state index in [0.717, 1.165) is 17.0 Å². The maximum absolute atomic E-state index is 12.4. The van der Waals surface area contributed by atoms with Crippen LogP contribution in [0.2, 0.25) is 0 Å². The van der Waals surface area contributed by atoms with Crippen LogP contribution in [-0.4, -0.2) is 31.2 Å². The molecular weight excluding hydrogens is 366 g/mol. The van der Waals surface area contributed by atoms with E-state index in [9.17, 15) is 9.59 Å². The maximum Gasteiger partial charge on any atom is 0.245 e. The molecule has 1 N–H and O–H groups in total. The van der Waals surface area contributed by atoms with E-state index >= 15 is 0 Å². The first-order chi connectivity index (χ1) is 14.0. The van der Waals surface area contributed by atoms with E-state index in [1.54, 1.807) is 11.1 Å². The zero-order valence-electron chi connectivity index (χ0n) is 17.1. The lowest BCUT2D eigenvalue weighted by Crippen LogP contribution is -2.30. The summed E-state index contributed by atoms with van der Waals surface area (Å²) in [5, 5.41) is 4.04. The van der Waals surface area contributed by atoms with E-state index in [1.165, 1.54) is 5.56 Å². The number of hydrazone groups is 1. The van der Waals surface area contributed by atoms with Crippen molar-refractivity contribution in [3.8, 4) is 5.75 Å². The summed E-state index contributed by atoms with van der Waals surface area (Å²) in [6, 6.07) is 15.4. The highest BCUT2D eigenvalue weighted by Gasteiger charge is 2.35. The van der Waals surface area contributed by atoms with Crippen molar-refractivity contribution in [1.29, 1.82) is 0 Å². The topological polar surface area (TPSA) is 71.0 Å². The average molecular weight is 393 g/mol. The molecule has 1 aliphatic rings. The quantitative estimate of drug-likeness (QED) is 0.576. The van der Waals surface area contributed by atoms with Gasteiger partial charge >= 0.3 is 0 Å². The Bertz CT molecular complexity index is 873. The Kier molecular flexibility index (Phi) is 6.65. The molecule has 0 saturated carbocycles. The second-order valence-corrected chi connectivity index (χ2v) is 7.39. The largest absolute Gasteiger partial charge is 0.494 e. The first-order valence-electron chi connectivity index (χ1n) is 9.94. The van der Waals surface area contributed by atoms with E-state index in [1.807, 2.05) is 43.3 Å². The summed E-state index contributed by atoms with van der Waals surface area (Å²) in [7, 11) is 0. The van der Waals surface area contributed by atoms with Gasteiger partial charge in [0.05, 0.1) is 18.7 Å². The normalized spacial score (nSPS) is 16.6. The van der Waals surface area contributed by atoms with Crippen LogP contribution in [0.5, 0.6) is 5.75 Å². The fraction of sp³-hybridized carbons (Fsp3) is 0.348. The number of ether oxygens (including phenoxy) is 1. The summed E-state index contributed by atoms with van der Waals surface area (Å²) >= 11 is 0. The van der Waals surface area contributed by atoms with Gasteiger partial charge < -0.3 is 9.64 Å². The Morgan fingerprint density at radius 1 is 1.21 bits per heavy atom. The van der Waals surface area contributed by atoms with Gasteiger partial charge in [-0.2, -0.15) is 5.10 Å². The number of carbonyl (C=O) groups is 2. The highest BCUT2D eigenvalue weighted by molar-refractivity contribution is 6.00. The predicted molar refractivity (Wildman–Crippen MR) is 114 cm³/mol.